The number of hydrogen-bond acceptors (Lipinski definition) is 10. The predicted octanol–water partition coefficient (Wildman–Crippen LogP) is 4.63. The maximum atomic E-state index is 12.7. The van der Waals surface area contributed by atoms with E-state index in [9.17, 15) is 9.59 Å². The third kappa shape index (κ3) is 7.84. The van der Waals surface area contributed by atoms with Crippen LogP contribution in [0.4, 0.5) is 22.2 Å². The van der Waals surface area contributed by atoms with Crippen LogP contribution in [0.2, 0.25) is 0 Å². The molecule has 5 rings (SSSR count). The molecule has 0 unspecified atom stereocenters. The number of piperidine rings is 2. The molecule has 3 heterocycles. The van der Waals surface area contributed by atoms with E-state index in [-0.39, 0.29) is 18.3 Å². The van der Waals surface area contributed by atoms with Gasteiger partial charge < -0.3 is 29.9 Å². The van der Waals surface area contributed by atoms with Crippen LogP contribution in [0.1, 0.15) is 88.2 Å². The fourth-order valence-corrected chi connectivity index (χ4v) is 5.64. The quantitative estimate of drug-likeness (QED) is 0.438. The minimum Gasteiger partial charge on any atom is -0.461 e. The maximum Gasteiger partial charge on any atom is 0.407 e. The number of likely N-dealkylation sites (tertiary alicyclic amines) is 1. The van der Waals surface area contributed by atoms with Crippen LogP contribution in [-0.2, 0) is 9.47 Å². The molecule has 2 N–H and O–H groups in total. The molecule has 1 atom stereocenters. The Hall–Kier alpha value is -3.47. The third-order valence-corrected chi connectivity index (χ3v) is 7.81. The minimum absolute atomic E-state index is 0.0348. The van der Waals surface area contributed by atoms with Crippen molar-refractivity contribution in [3.05, 3.63) is 35.5 Å². The molecular formula is C30H43N7O4. The number of nitrogens with zero attached hydrogens (tertiary/aromatic N) is 5. The fraction of sp³-hybridized carbons (Fsp3) is 0.633. The molecule has 0 bridgehead atoms. The molecule has 1 aromatic heterocycles. The Morgan fingerprint density at radius 3 is 2.39 bits per heavy atom. The third-order valence-electron chi connectivity index (χ3n) is 7.81. The summed E-state index contributed by atoms with van der Waals surface area (Å²) in [5, 5.41) is 14.7. The molecule has 3 aliphatic rings. The molecule has 0 radical (unpaired) electrons. The summed E-state index contributed by atoms with van der Waals surface area (Å²) >= 11 is 0. The largest absolute Gasteiger partial charge is 0.461 e. The molecule has 2 aliphatic heterocycles. The van der Waals surface area contributed by atoms with E-state index in [1.54, 1.807) is 6.92 Å². The van der Waals surface area contributed by atoms with E-state index in [1.807, 2.05) is 37.8 Å². The van der Waals surface area contributed by atoms with Gasteiger partial charge >= 0.3 is 12.1 Å². The first kappa shape index (κ1) is 29.0. The number of carbonyl (C=O) groups excluding carboxylic acids is 2. The van der Waals surface area contributed by atoms with Gasteiger partial charge in [-0.15, -0.1) is 10.2 Å². The molecule has 0 spiro atoms. The van der Waals surface area contributed by atoms with E-state index < -0.39 is 17.7 Å². The van der Waals surface area contributed by atoms with Gasteiger partial charge in [-0.05, 0) is 103 Å². The number of rotatable bonds is 8. The van der Waals surface area contributed by atoms with Gasteiger partial charge in [0.05, 0.1) is 6.61 Å². The van der Waals surface area contributed by atoms with E-state index in [1.165, 1.54) is 44.3 Å². The molecule has 3 fully saturated rings. The second-order valence-electron chi connectivity index (χ2n) is 12.2. The Kier molecular flexibility index (Phi) is 8.91. The lowest BCUT2D eigenvalue weighted by molar-refractivity contribution is 0.0494. The van der Waals surface area contributed by atoms with E-state index in [0.717, 1.165) is 24.6 Å². The number of nitrogens with one attached hydrogen (secondary N) is 2. The highest BCUT2D eigenvalue weighted by Gasteiger charge is 2.32. The lowest BCUT2D eigenvalue weighted by Gasteiger charge is -2.33. The molecular weight excluding hydrogens is 522 g/mol. The average molecular weight is 566 g/mol. The number of hydrogen-bond donors (Lipinski definition) is 2. The van der Waals surface area contributed by atoms with Crippen molar-refractivity contribution in [2.45, 2.75) is 89.8 Å². The van der Waals surface area contributed by atoms with Gasteiger partial charge in [0.25, 0.3) is 0 Å². The van der Waals surface area contributed by atoms with E-state index >= 15 is 0 Å². The zero-order valence-electron chi connectivity index (χ0n) is 24.7. The average Bonchev–Trinajstić information content (AvgIpc) is 3.79. The highest BCUT2D eigenvalue weighted by molar-refractivity contribution is 5.93. The van der Waals surface area contributed by atoms with Crippen LogP contribution in [0, 0.1) is 0 Å². The SMILES string of the molecule is CCOC(=O)c1nnc(N2CCC[C@@H](NC(=O)OC(C)(C)C)C2)nc1Nc1ccc(C2CCN(C3CC3)CC2)cc1. The lowest BCUT2D eigenvalue weighted by atomic mass is 9.89. The number of benzene rings is 1. The maximum absolute atomic E-state index is 12.7. The van der Waals surface area contributed by atoms with Gasteiger partial charge in [-0.25, -0.2) is 9.59 Å². The second kappa shape index (κ2) is 12.6. The molecule has 222 valence electrons. The summed E-state index contributed by atoms with van der Waals surface area (Å²) in [4.78, 5) is 34.3. The Labute approximate surface area is 242 Å². The summed E-state index contributed by atoms with van der Waals surface area (Å²) in [5.74, 6) is 0.669. The number of ether oxygens (including phenoxy) is 2. The number of aromatic nitrogens is 3. The smallest absolute Gasteiger partial charge is 0.407 e. The zero-order chi connectivity index (χ0) is 29.0. The first-order valence-electron chi connectivity index (χ1n) is 15.0. The van der Waals surface area contributed by atoms with Crippen molar-refractivity contribution in [1.29, 1.82) is 0 Å². The Balaban J connectivity index is 1.27. The molecule has 11 heteroatoms. The number of esters is 1. The zero-order valence-corrected chi connectivity index (χ0v) is 24.7. The van der Waals surface area contributed by atoms with E-state index in [0.29, 0.717) is 30.8 Å². The van der Waals surface area contributed by atoms with Gasteiger partial charge in [0.15, 0.2) is 5.82 Å². The van der Waals surface area contributed by atoms with Crippen molar-refractivity contribution in [2.75, 3.05) is 43.0 Å². The first-order chi connectivity index (χ1) is 19.7. The van der Waals surface area contributed by atoms with Crippen LogP contribution < -0.4 is 15.5 Å². The first-order valence-corrected chi connectivity index (χ1v) is 15.0. The van der Waals surface area contributed by atoms with Gasteiger partial charge in [0.2, 0.25) is 11.6 Å². The van der Waals surface area contributed by atoms with E-state index in [4.69, 9.17) is 14.5 Å². The molecule has 2 saturated heterocycles. The van der Waals surface area contributed by atoms with Crippen LogP contribution in [0.25, 0.3) is 0 Å². The van der Waals surface area contributed by atoms with Crippen molar-refractivity contribution < 1.29 is 19.1 Å². The molecule has 1 amide bonds. The van der Waals surface area contributed by atoms with Crippen molar-refractivity contribution in [3.8, 4) is 0 Å². The molecule has 11 nitrogen and oxygen atoms in total. The number of anilines is 3. The molecule has 2 aromatic rings. The molecule has 1 saturated carbocycles. The predicted molar refractivity (Wildman–Crippen MR) is 157 cm³/mol. The van der Waals surface area contributed by atoms with Crippen LogP contribution in [0.3, 0.4) is 0 Å². The second-order valence-corrected chi connectivity index (χ2v) is 12.2. The van der Waals surface area contributed by atoms with Crippen molar-refractivity contribution >= 4 is 29.5 Å². The molecule has 41 heavy (non-hydrogen) atoms. The Morgan fingerprint density at radius 2 is 1.73 bits per heavy atom. The van der Waals surface area contributed by atoms with Gasteiger partial charge in [-0.2, -0.15) is 4.98 Å². The molecule has 1 aromatic carbocycles. The summed E-state index contributed by atoms with van der Waals surface area (Å²) in [6.07, 6.45) is 6.32. The Bertz CT molecular complexity index is 1200. The summed E-state index contributed by atoms with van der Waals surface area (Å²) in [5.41, 5.74) is 1.62. The monoisotopic (exact) mass is 565 g/mol. The normalized spacial score (nSPS) is 20.4. The van der Waals surface area contributed by atoms with Gasteiger partial charge in [0.1, 0.15) is 5.60 Å². The van der Waals surface area contributed by atoms with Gasteiger partial charge in [-0.1, -0.05) is 12.1 Å². The fourth-order valence-electron chi connectivity index (χ4n) is 5.64. The summed E-state index contributed by atoms with van der Waals surface area (Å²) in [6.45, 7) is 11.1. The minimum atomic E-state index is -0.580. The highest BCUT2D eigenvalue weighted by Crippen LogP contribution is 2.35. The van der Waals surface area contributed by atoms with Crippen LogP contribution in [0.15, 0.2) is 24.3 Å². The summed E-state index contributed by atoms with van der Waals surface area (Å²) < 4.78 is 10.6. The van der Waals surface area contributed by atoms with Crippen LogP contribution in [-0.4, -0.2) is 82.6 Å². The lowest BCUT2D eigenvalue weighted by Crippen LogP contribution is -2.49. The topological polar surface area (TPSA) is 122 Å². The van der Waals surface area contributed by atoms with Crippen molar-refractivity contribution in [1.82, 2.24) is 25.4 Å². The summed E-state index contributed by atoms with van der Waals surface area (Å²) in [6, 6.07) is 9.10. The van der Waals surface area contributed by atoms with Crippen LogP contribution >= 0.6 is 0 Å². The van der Waals surface area contributed by atoms with Crippen molar-refractivity contribution in [2.24, 2.45) is 0 Å². The number of amides is 1. The van der Waals surface area contributed by atoms with Crippen LogP contribution in [0.5, 0.6) is 0 Å². The van der Waals surface area contributed by atoms with Gasteiger partial charge in [-0.3, -0.25) is 0 Å². The van der Waals surface area contributed by atoms with Gasteiger partial charge in [0, 0.05) is 30.9 Å². The highest BCUT2D eigenvalue weighted by atomic mass is 16.6. The standard InChI is InChI=1S/C30H43N7O4/c1-5-40-27(38)25-26(31-22-10-8-20(9-11-22)21-14-17-36(18-15-21)24-12-13-24)33-28(35-34-25)37-16-6-7-23(19-37)32-29(39)41-30(2,3)4/h8-11,21,23-24H,5-7,12-19H2,1-4H3,(H,32,39)(H,31,33,35)/t23-/m1/s1. The number of alkyl carbamates (subject to hydrolysis) is 1. The van der Waals surface area contributed by atoms with Crippen molar-refractivity contribution in [3.63, 3.8) is 0 Å². The Morgan fingerprint density at radius 1 is 1.00 bits per heavy atom. The molecule has 1 aliphatic carbocycles. The number of carbonyl (C=O) groups is 2. The van der Waals surface area contributed by atoms with E-state index in [2.05, 4.69) is 37.9 Å². The summed E-state index contributed by atoms with van der Waals surface area (Å²) in [7, 11) is 0.